The maximum Gasteiger partial charge on any atom is 0.251 e. The maximum absolute atomic E-state index is 13.1. The zero-order chi connectivity index (χ0) is 28.2. The van der Waals surface area contributed by atoms with Gasteiger partial charge in [0.15, 0.2) is 0 Å². The summed E-state index contributed by atoms with van der Waals surface area (Å²) in [6.07, 6.45) is 6.47. The number of morpholine rings is 1. The zero-order valence-corrected chi connectivity index (χ0v) is 24.3. The van der Waals surface area contributed by atoms with Gasteiger partial charge in [0.1, 0.15) is 0 Å². The fourth-order valence-electron chi connectivity index (χ4n) is 4.08. The molecule has 2 aromatic carbocycles. The van der Waals surface area contributed by atoms with Crippen molar-refractivity contribution in [2.24, 2.45) is 0 Å². The molecule has 4 rings (SSSR count). The van der Waals surface area contributed by atoms with Gasteiger partial charge in [-0.15, -0.1) is 0 Å². The lowest BCUT2D eigenvalue weighted by Gasteiger charge is -2.25. The molecule has 8 heteroatoms. The summed E-state index contributed by atoms with van der Waals surface area (Å²) >= 11 is 0. The zero-order valence-electron chi connectivity index (χ0n) is 23.5. The number of hydrogen-bond donors (Lipinski definition) is 1. The first-order valence-electron chi connectivity index (χ1n) is 13.4. The van der Waals surface area contributed by atoms with Crippen molar-refractivity contribution < 1.29 is 13.7 Å². The molecule has 1 saturated heterocycles. The minimum atomic E-state index is -1.06. The van der Waals surface area contributed by atoms with Crippen molar-refractivity contribution in [1.29, 1.82) is 0 Å². The summed E-state index contributed by atoms with van der Waals surface area (Å²) in [6, 6.07) is 15.9. The lowest BCUT2D eigenvalue weighted by molar-refractivity contribution is -0.115. The summed E-state index contributed by atoms with van der Waals surface area (Å²) in [4.78, 5) is 13.1. The van der Waals surface area contributed by atoms with Crippen LogP contribution in [0.1, 0.15) is 55.1 Å². The van der Waals surface area contributed by atoms with Crippen LogP contribution in [0.3, 0.4) is 0 Å². The summed E-state index contributed by atoms with van der Waals surface area (Å²) in [7, 11) is -1.06. The van der Waals surface area contributed by atoms with Gasteiger partial charge in [0, 0.05) is 30.8 Å². The van der Waals surface area contributed by atoms with Crippen molar-refractivity contribution in [3.05, 3.63) is 95.3 Å². The highest BCUT2D eigenvalue weighted by Gasteiger charge is 2.19. The van der Waals surface area contributed by atoms with Crippen LogP contribution in [-0.4, -0.2) is 50.5 Å². The van der Waals surface area contributed by atoms with Gasteiger partial charge in [-0.3, -0.25) is 4.79 Å². The van der Waals surface area contributed by atoms with Crippen LogP contribution in [0.25, 0.3) is 17.3 Å². The second-order valence-electron chi connectivity index (χ2n) is 9.31. The number of nitrogens with zero attached hydrogens (tertiary/aromatic N) is 3. The van der Waals surface area contributed by atoms with Gasteiger partial charge in [0.2, 0.25) is 0 Å². The first kappa shape index (κ1) is 30.2. The number of carbonyl (C=O) groups is 1. The third-order valence-electron chi connectivity index (χ3n) is 6.13. The van der Waals surface area contributed by atoms with Gasteiger partial charge in [-0.05, 0) is 43.2 Å². The van der Waals surface area contributed by atoms with Crippen LogP contribution in [0.15, 0.2) is 67.4 Å². The van der Waals surface area contributed by atoms with E-state index >= 15 is 0 Å². The number of nitrogens with one attached hydrogen (secondary N) is 1. The van der Waals surface area contributed by atoms with Crippen LogP contribution in [-0.2, 0) is 32.8 Å². The van der Waals surface area contributed by atoms with Gasteiger partial charge in [-0.2, -0.15) is 5.10 Å². The molecule has 0 spiro atoms. The predicted octanol–water partition coefficient (Wildman–Crippen LogP) is 5.46. The van der Waals surface area contributed by atoms with Crippen molar-refractivity contribution in [2.45, 2.75) is 46.4 Å². The van der Waals surface area contributed by atoms with E-state index in [0.29, 0.717) is 44.2 Å². The number of rotatable bonds is 9. The third kappa shape index (κ3) is 8.33. The SMILES string of the molecule is C=Cc1c(/C(=C\C)C(=O)NCc2ccc(CS(=O)N3CCOCC3)cc2)cnn1-c1ccc(C)cc1.CCC. The average Bonchev–Trinajstić information content (AvgIpc) is 3.38. The first-order chi connectivity index (χ1) is 18.9. The number of allylic oxidation sites excluding steroid dienone is 1. The average molecular weight is 549 g/mol. The molecule has 1 aliphatic rings. The third-order valence-corrected chi connectivity index (χ3v) is 7.65. The number of carbonyl (C=O) groups excluding carboxylic acids is 1. The van der Waals surface area contributed by atoms with Crippen LogP contribution in [0.5, 0.6) is 0 Å². The van der Waals surface area contributed by atoms with Crippen LogP contribution in [0.4, 0.5) is 0 Å². The molecule has 1 aliphatic heterocycles. The molecule has 1 amide bonds. The fourth-order valence-corrected chi connectivity index (χ4v) is 5.29. The molecular formula is C31H40N4O3S. The van der Waals surface area contributed by atoms with Crippen molar-refractivity contribution in [3.8, 4) is 5.69 Å². The van der Waals surface area contributed by atoms with Gasteiger partial charge >= 0.3 is 0 Å². The summed E-state index contributed by atoms with van der Waals surface area (Å²) in [6.45, 7) is 15.1. The summed E-state index contributed by atoms with van der Waals surface area (Å²) < 4.78 is 21.6. The molecule has 2 heterocycles. The molecule has 7 nitrogen and oxygen atoms in total. The molecule has 0 saturated carbocycles. The summed E-state index contributed by atoms with van der Waals surface area (Å²) in [5, 5.41) is 7.52. The van der Waals surface area contributed by atoms with Gasteiger partial charge in [-0.1, -0.05) is 74.9 Å². The minimum absolute atomic E-state index is 0.179. The van der Waals surface area contributed by atoms with Crippen molar-refractivity contribution in [2.75, 3.05) is 26.3 Å². The molecule has 1 fully saturated rings. The fraction of sp³-hybridized carbons (Fsp3) is 0.355. The van der Waals surface area contributed by atoms with Crippen molar-refractivity contribution >= 4 is 28.5 Å². The second-order valence-corrected chi connectivity index (χ2v) is 10.8. The summed E-state index contributed by atoms with van der Waals surface area (Å²) in [5.41, 5.74) is 6.08. The van der Waals surface area contributed by atoms with E-state index in [1.54, 1.807) is 23.0 Å². The molecule has 1 N–H and O–H groups in total. The predicted molar refractivity (Wildman–Crippen MR) is 161 cm³/mol. The Morgan fingerprint density at radius 1 is 1.08 bits per heavy atom. The summed E-state index contributed by atoms with van der Waals surface area (Å²) in [5.74, 6) is 0.298. The Bertz CT molecular complexity index is 1270. The Kier molecular flexibility index (Phi) is 11.9. The lowest BCUT2D eigenvalue weighted by Crippen LogP contribution is -2.37. The van der Waals surface area contributed by atoms with E-state index in [0.717, 1.165) is 33.6 Å². The number of amides is 1. The maximum atomic E-state index is 13.1. The van der Waals surface area contributed by atoms with E-state index in [-0.39, 0.29) is 5.91 Å². The Hall–Kier alpha value is -3.33. The van der Waals surface area contributed by atoms with E-state index in [1.165, 1.54) is 6.42 Å². The lowest BCUT2D eigenvalue weighted by atomic mass is 10.0. The number of hydrogen-bond acceptors (Lipinski definition) is 4. The van der Waals surface area contributed by atoms with Crippen molar-refractivity contribution in [1.82, 2.24) is 19.4 Å². The van der Waals surface area contributed by atoms with Gasteiger partial charge < -0.3 is 10.1 Å². The van der Waals surface area contributed by atoms with Crippen LogP contribution in [0.2, 0.25) is 0 Å². The number of ether oxygens (including phenoxy) is 1. The highest BCUT2D eigenvalue weighted by Crippen LogP contribution is 2.24. The first-order valence-corrected chi connectivity index (χ1v) is 14.7. The molecule has 39 heavy (non-hydrogen) atoms. The monoisotopic (exact) mass is 548 g/mol. The molecule has 0 radical (unpaired) electrons. The quantitative estimate of drug-likeness (QED) is 0.361. The normalized spacial score (nSPS) is 14.7. The standard InChI is InChI=1S/C28H32N4O3S.C3H8/c1-4-25(26-19-30-32(27(26)5-2)24-12-6-21(3)7-13-24)28(33)29-18-22-8-10-23(11-9-22)20-36(34)31-14-16-35-17-15-31;1-3-2/h4-13,19H,2,14-18,20H2,1,3H3,(H,29,33);3H2,1-2H3/b25-4+;. The molecule has 3 aromatic rings. The molecule has 1 unspecified atom stereocenters. The Morgan fingerprint density at radius 2 is 1.69 bits per heavy atom. The highest BCUT2D eigenvalue weighted by molar-refractivity contribution is 7.81. The van der Waals surface area contributed by atoms with E-state index < -0.39 is 11.0 Å². The molecule has 0 aliphatic carbocycles. The highest BCUT2D eigenvalue weighted by atomic mass is 32.2. The Balaban J connectivity index is 0.00000134. The Morgan fingerprint density at radius 3 is 2.28 bits per heavy atom. The smallest absolute Gasteiger partial charge is 0.251 e. The minimum Gasteiger partial charge on any atom is -0.379 e. The molecule has 208 valence electrons. The van der Waals surface area contributed by atoms with Crippen LogP contribution >= 0.6 is 0 Å². The van der Waals surface area contributed by atoms with Gasteiger partial charge in [0.05, 0.1) is 47.5 Å². The van der Waals surface area contributed by atoms with Crippen LogP contribution in [0, 0.1) is 6.92 Å². The Labute approximate surface area is 235 Å². The van der Waals surface area contributed by atoms with Gasteiger partial charge in [0.25, 0.3) is 5.91 Å². The molecule has 1 aromatic heterocycles. The molecule has 1 atom stereocenters. The molecular weight excluding hydrogens is 508 g/mol. The topological polar surface area (TPSA) is 76.5 Å². The largest absolute Gasteiger partial charge is 0.379 e. The van der Waals surface area contributed by atoms with Gasteiger partial charge in [-0.25, -0.2) is 13.2 Å². The number of aromatic nitrogens is 2. The van der Waals surface area contributed by atoms with E-state index in [4.69, 9.17) is 4.74 Å². The number of aryl methyl sites for hydroxylation is 1. The van der Waals surface area contributed by atoms with Crippen LogP contribution < -0.4 is 5.32 Å². The molecule has 0 bridgehead atoms. The van der Waals surface area contributed by atoms with Crippen molar-refractivity contribution in [3.63, 3.8) is 0 Å². The van der Waals surface area contributed by atoms with E-state index in [9.17, 15) is 9.00 Å². The number of benzene rings is 2. The second kappa shape index (κ2) is 15.3. The van der Waals surface area contributed by atoms with E-state index in [2.05, 4.69) is 30.8 Å². The van der Waals surface area contributed by atoms with E-state index in [1.807, 2.05) is 66.7 Å².